The van der Waals surface area contributed by atoms with Crippen molar-refractivity contribution in [3.8, 4) is 0 Å². The standard InChI is InChI=1S/C14H16F6N2/c15-9-7-10(16)13(11(17)8-9)12(1-2-14(18,19)20)22-5-3-21-4-6-22/h7-8,12,21H,1-6H2/t12-/m0/s1. The van der Waals surface area contributed by atoms with E-state index in [1.165, 1.54) is 0 Å². The lowest BCUT2D eigenvalue weighted by molar-refractivity contribution is -0.138. The number of piperazine rings is 1. The van der Waals surface area contributed by atoms with Gasteiger partial charge in [-0.2, -0.15) is 13.2 Å². The van der Waals surface area contributed by atoms with Crippen LogP contribution in [0.5, 0.6) is 0 Å². The lowest BCUT2D eigenvalue weighted by atomic mass is 9.98. The summed E-state index contributed by atoms with van der Waals surface area (Å²) in [6, 6.07) is -0.0631. The Labute approximate surface area is 124 Å². The third-order valence-electron chi connectivity index (χ3n) is 3.67. The summed E-state index contributed by atoms with van der Waals surface area (Å²) in [5.41, 5.74) is -0.493. The van der Waals surface area contributed by atoms with E-state index in [0.717, 1.165) is 0 Å². The Morgan fingerprint density at radius 1 is 1.05 bits per heavy atom. The molecule has 0 aliphatic carbocycles. The molecule has 0 radical (unpaired) electrons. The number of rotatable bonds is 4. The minimum Gasteiger partial charge on any atom is -0.314 e. The minimum atomic E-state index is -4.42. The van der Waals surface area contributed by atoms with Gasteiger partial charge < -0.3 is 5.32 Å². The summed E-state index contributed by atoms with van der Waals surface area (Å²) in [7, 11) is 0. The van der Waals surface area contributed by atoms with E-state index in [0.29, 0.717) is 38.3 Å². The quantitative estimate of drug-likeness (QED) is 0.853. The van der Waals surface area contributed by atoms with Crippen LogP contribution in [-0.2, 0) is 0 Å². The predicted molar refractivity (Wildman–Crippen MR) is 68.8 cm³/mol. The molecule has 1 N–H and O–H groups in total. The van der Waals surface area contributed by atoms with Crippen LogP contribution in [0.15, 0.2) is 12.1 Å². The number of nitrogens with zero attached hydrogens (tertiary/aromatic N) is 1. The highest BCUT2D eigenvalue weighted by Crippen LogP contribution is 2.34. The molecule has 0 spiro atoms. The molecular formula is C14H16F6N2. The zero-order valence-corrected chi connectivity index (χ0v) is 11.7. The van der Waals surface area contributed by atoms with Crippen LogP contribution in [0.3, 0.4) is 0 Å². The highest BCUT2D eigenvalue weighted by molar-refractivity contribution is 5.24. The molecule has 0 saturated carbocycles. The molecule has 0 unspecified atom stereocenters. The van der Waals surface area contributed by atoms with Crippen LogP contribution < -0.4 is 5.32 Å². The van der Waals surface area contributed by atoms with Crippen molar-refractivity contribution >= 4 is 0 Å². The van der Waals surface area contributed by atoms with E-state index < -0.39 is 48.1 Å². The second kappa shape index (κ2) is 6.87. The Bertz CT molecular complexity index is 488. The Kier molecular flexibility index (Phi) is 5.33. The lowest BCUT2D eigenvalue weighted by Gasteiger charge is -2.35. The summed E-state index contributed by atoms with van der Waals surface area (Å²) in [5, 5.41) is 3.02. The summed E-state index contributed by atoms with van der Waals surface area (Å²) in [4.78, 5) is 1.60. The molecular weight excluding hydrogens is 310 g/mol. The highest BCUT2D eigenvalue weighted by atomic mass is 19.4. The van der Waals surface area contributed by atoms with Crippen molar-refractivity contribution in [3.05, 3.63) is 35.1 Å². The summed E-state index contributed by atoms with van der Waals surface area (Å²) in [5.74, 6) is -3.39. The Morgan fingerprint density at radius 2 is 1.59 bits per heavy atom. The van der Waals surface area contributed by atoms with Gasteiger partial charge in [0, 0.05) is 56.3 Å². The first kappa shape index (κ1) is 17.1. The van der Waals surface area contributed by atoms with Gasteiger partial charge in [0.05, 0.1) is 0 Å². The molecule has 1 aliphatic rings. The largest absolute Gasteiger partial charge is 0.389 e. The second-order valence-corrected chi connectivity index (χ2v) is 5.24. The van der Waals surface area contributed by atoms with E-state index in [4.69, 9.17) is 0 Å². The lowest BCUT2D eigenvalue weighted by Crippen LogP contribution is -2.45. The first-order valence-electron chi connectivity index (χ1n) is 6.94. The number of alkyl halides is 3. The van der Waals surface area contributed by atoms with Gasteiger partial charge in [-0.1, -0.05) is 0 Å². The van der Waals surface area contributed by atoms with Crippen molar-refractivity contribution < 1.29 is 26.3 Å². The molecule has 0 aromatic heterocycles. The molecule has 1 heterocycles. The molecule has 1 aromatic carbocycles. The van der Waals surface area contributed by atoms with Crippen molar-refractivity contribution in [2.24, 2.45) is 0 Å². The summed E-state index contributed by atoms with van der Waals surface area (Å²) in [6.07, 6.45) is -6.04. The molecule has 0 bridgehead atoms. The Morgan fingerprint density at radius 3 is 2.09 bits per heavy atom. The van der Waals surface area contributed by atoms with Gasteiger partial charge in [-0.15, -0.1) is 0 Å². The third-order valence-corrected chi connectivity index (χ3v) is 3.67. The predicted octanol–water partition coefficient (Wildman–Crippen LogP) is 3.39. The number of hydrogen-bond acceptors (Lipinski definition) is 2. The fourth-order valence-electron chi connectivity index (χ4n) is 2.68. The zero-order chi connectivity index (χ0) is 16.3. The smallest absolute Gasteiger partial charge is 0.314 e. The summed E-state index contributed by atoms with van der Waals surface area (Å²) < 4.78 is 78.3. The molecule has 1 aromatic rings. The van der Waals surface area contributed by atoms with Crippen molar-refractivity contribution in [3.63, 3.8) is 0 Å². The van der Waals surface area contributed by atoms with Crippen LogP contribution in [0.1, 0.15) is 24.4 Å². The van der Waals surface area contributed by atoms with Crippen molar-refractivity contribution in [2.45, 2.75) is 25.1 Å². The topological polar surface area (TPSA) is 15.3 Å². The van der Waals surface area contributed by atoms with Gasteiger partial charge in [0.1, 0.15) is 17.5 Å². The number of hydrogen-bond donors (Lipinski definition) is 1. The molecule has 0 amide bonds. The van der Waals surface area contributed by atoms with E-state index >= 15 is 0 Å². The van der Waals surface area contributed by atoms with Gasteiger partial charge in [-0.3, -0.25) is 4.90 Å². The van der Waals surface area contributed by atoms with Gasteiger partial charge in [0.2, 0.25) is 0 Å². The van der Waals surface area contributed by atoms with Crippen LogP contribution in [-0.4, -0.2) is 37.3 Å². The maximum Gasteiger partial charge on any atom is 0.389 e. The molecule has 1 saturated heterocycles. The average Bonchev–Trinajstić information content (AvgIpc) is 2.41. The van der Waals surface area contributed by atoms with Crippen molar-refractivity contribution in [1.29, 1.82) is 0 Å². The van der Waals surface area contributed by atoms with Crippen LogP contribution in [0.4, 0.5) is 26.3 Å². The van der Waals surface area contributed by atoms with Gasteiger partial charge in [0.25, 0.3) is 0 Å². The van der Waals surface area contributed by atoms with Crippen LogP contribution in [0, 0.1) is 17.5 Å². The first-order valence-corrected chi connectivity index (χ1v) is 6.94. The van der Waals surface area contributed by atoms with E-state index in [9.17, 15) is 26.3 Å². The molecule has 2 rings (SSSR count). The normalized spacial score (nSPS) is 18.5. The third kappa shape index (κ3) is 4.36. The van der Waals surface area contributed by atoms with Crippen molar-refractivity contribution in [1.82, 2.24) is 10.2 Å². The van der Waals surface area contributed by atoms with Crippen molar-refractivity contribution in [2.75, 3.05) is 26.2 Å². The minimum absolute atomic E-state index is 0.374. The van der Waals surface area contributed by atoms with E-state index in [-0.39, 0.29) is 0 Å². The number of benzene rings is 1. The Balaban J connectivity index is 2.30. The maximum atomic E-state index is 13.9. The molecule has 1 atom stereocenters. The van der Waals surface area contributed by atoms with Gasteiger partial charge in [0.15, 0.2) is 0 Å². The fraction of sp³-hybridized carbons (Fsp3) is 0.571. The van der Waals surface area contributed by atoms with E-state index in [1.807, 2.05) is 0 Å². The van der Waals surface area contributed by atoms with Gasteiger partial charge >= 0.3 is 6.18 Å². The van der Waals surface area contributed by atoms with Crippen LogP contribution in [0.25, 0.3) is 0 Å². The first-order chi connectivity index (χ1) is 10.3. The highest BCUT2D eigenvalue weighted by Gasteiger charge is 2.33. The van der Waals surface area contributed by atoms with Gasteiger partial charge in [-0.05, 0) is 6.42 Å². The second-order valence-electron chi connectivity index (χ2n) is 5.24. The number of nitrogens with one attached hydrogen (secondary N) is 1. The molecule has 1 aliphatic heterocycles. The number of halogens is 6. The van der Waals surface area contributed by atoms with Gasteiger partial charge in [-0.25, -0.2) is 13.2 Å². The fourth-order valence-corrected chi connectivity index (χ4v) is 2.68. The molecule has 8 heteroatoms. The summed E-state index contributed by atoms with van der Waals surface area (Å²) >= 11 is 0. The molecule has 124 valence electrons. The van der Waals surface area contributed by atoms with E-state index in [1.54, 1.807) is 4.90 Å². The monoisotopic (exact) mass is 326 g/mol. The van der Waals surface area contributed by atoms with E-state index in [2.05, 4.69) is 5.32 Å². The Hall–Kier alpha value is -1.28. The zero-order valence-electron chi connectivity index (χ0n) is 11.7. The SMILES string of the molecule is Fc1cc(F)c([C@H](CCC(F)(F)F)N2CCNCC2)c(F)c1. The maximum absolute atomic E-state index is 13.9. The van der Waals surface area contributed by atoms with Crippen LogP contribution in [0.2, 0.25) is 0 Å². The summed E-state index contributed by atoms with van der Waals surface area (Å²) in [6.45, 7) is 1.79. The molecule has 1 fully saturated rings. The molecule has 2 nitrogen and oxygen atoms in total. The molecule has 22 heavy (non-hydrogen) atoms. The average molecular weight is 326 g/mol. The van der Waals surface area contributed by atoms with Crippen LogP contribution >= 0.6 is 0 Å².